The number of methoxy groups -OCH3 is 1. The van der Waals surface area contributed by atoms with Gasteiger partial charge in [0.2, 0.25) is 0 Å². The van der Waals surface area contributed by atoms with Crippen molar-refractivity contribution >= 4 is 15.9 Å². The Hall–Kier alpha value is 0.180. The fourth-order valence-corrected chi connectivity index (χ4v) is 1.77. The average Bonchev–Trinajstić information content (AvgIpc) is 2.32. The van der Waals surface area contributed by atoms with Gasteiger partial charge in [-0.2, -0.15) is 0 Å². The van der Waals surface area contributed by atoms with Crippen LogP contribution in [0, 0.1) is 0 Å². The van der Waals surface area contributed by atoms with E-state index in [4.69, 9.17) is 14.2 Å². The van der Waals surface area contributed by atoms with E-state index in [1.165, 1.54) is 0 Å². The smallest absolute Gasteiger partial charge is 0.251 e. The summed E-state index contributed by atoms with van der Waals surface area (Å²) in [4.78, 5) is 1.67. The first kappa shape index (κ1) is 18.2. The van der Waals surface area contributed by atoms with Crippen molar-refractivity contribution in [1.29, 1.82) is 0 Å². The monoisotopic (exact) mass is 333 g/mol. The largest absolute Gasteiger partial charge is 0.382 e. The molecule has 0 spiro atoms. The molecule has 0 fully saturated rings. The number of halogens is 3. The Bertz CT molecular complexity index is 178. The zero-order valence-corrected chi connectivity index (χ0v) is 12.3. The minimum Gasteiger partial charge on any atom is -0.382 e. The summed E-state index contributed by atoms with van der Waals surface area (Å²) in [6.07, 6.45) is -2.30. The predicted octanol–water partition coefficient (Wildman–Crippen LogP) is 1.63. The lowest BCUT2D eigenvalue weighted by Crippen LogP contribution is -2.33. The van der Waals surface area contributed by atoms with Gasteiger partial charge in [0.25, 0.3) is 6.43 Å². The Kier molecular flexibility index (Phi) is 13.7. The fraction of sp³-hybridized carbons (Fsp3) is 1.00. The van der Waals surface area contributed by atoms with Crippen LogP contribution in [0.4, 0.5) is 8.78 Å². The highest BCUT2D eigenvalue weighted by atomic mass is 79.9. The van der Waals surface area contributed by atoms with E-state index in [0.29, 0.717) is 51.5 Å². The molecule has 0 aromatic rings. The molecule has 4 nitrogen and oxygen atoms in total. The summed E-state index contributed by atoms with van der Waals surface area (Å²) in [7, 11) is 1.61. The predicted molar refractivity (Wildman–Crippen MR) is 69.8 cm³/mol. The van der Waals surface area contributed by atoms with Crippen molar-refractivity contribution in [1.82, 2.24) is 4.90 Å². The highest BCUT2D eigenvalue weighted by Gasteiger charge is 2.10. The molecular weight excluding hydrogens is 312 g/mol. The molecule has 110 valence electrons. The van der Waals surface area contributed by atoms with Crippen molar-refractivity contribution in [2.45, 2.75) is 6.43 Å². The van der Waals surface area contributed by atoms with Crippen LogP contribution in [-0.2, 0) is 14.2 Å². The minimum atomic E-state index is -2.30. The Morgan fingerprint density at radius 2 is 1.61 bits per heavy atom. The highest BCUT2D eigenvalue weighted by molar-refractivity contribution is 9.09. The summed E-state index contributed by atoms with van der Waals surface area (Å²) >= 11 is 3.24. The van der Waals surface area contributed by atoms with E-state index in [1.54, 1.807) is 12.0 Å². The van der Waals surface area contributed by atoms with E-state index in [2.05, 4.69) is 15.9 Å². The SMILES string of the molecule is COCCOCCOCCN(CCBr)CC(F)F. The van der Waals surface area contributed by atoms with Gasteiger partial charge in [-0.25, -0.2) is 8.78 Å². The van der Waals surface area contributed by atoms with Crippen LogP contribution in [0.3, 0.4) is 0 Å². The third-order valence-electron chi connectivity index (χ3n) is 2.15. The lowest BCUT2D eigenvalue weighted by atomic mass is 10.4. The molecule has 0 saturated carbocycles. The lowest BCUT2D eigenvalue weighted by Gasteiger charge is -2.20. The Morgan fingerprint density at radius 1 is 1.00 bits per heavy atom. The molecule has 0 aromatic heterocycles. The number of hydrogen-bond acceptors (Lipinski definition) is 4. The fourth-order valence-electron chi connectivity index (χ4n) is 1.27. The van der Waals surface area contributed by atoms with E-state index in [9.17, 15) is 8.78 Å². The van der Waals surface area contributed by atoms with Crippen molar-refractivity contribution in [2.24, 2.45) is 0 Å². The van der Waals surface area contributed by atoms with Crippen molar-refractivity contribution in [3.63, 3.8) is 0 Å². The van der Waals surface area contributed by atoms with Crippen LogP contribution in [0.5, 0.6) is 0 Å². The maximum absolute atomic E-state index is 12.2. The Labute approximate surface area is 116 Å². The van der Waals surface area contributed by atoms with Crippen LogP contribution in [0.15, 0.2) is 0 Å². The quantitative estimate of drug-likeness (QED) is 0.378. The van der Waals surface area contributed by atoms with E-state index < -0.39 is 6.43 Å². The molecule has 0 atom stereocenters. The van der Waals surface area contributed by atoms with E-state index in [1.807, 2.05) is 0 Å². The number of alkyl halides is 3. The molecule has 0 aliphatic carbocycles. The summed E-state index contributed by atoms with van der Waals surface area (Å²) in [5.74, 6) is 0. The standard InChI is InChI=1S/C11H22BrF2NO3/c1-16-6-7-18-9-8-17-5-4-15(3-2-12)10-11(13)14/h11H,2-10H2,1H3. The number of nitrogens with zero attached hydrogens (tertiary/aromatic N) is 1. The van der Waals surface area contributed by atoms with Gasteiger partial charge < -0.3 is 14.2 Å². The van der Waals surface area contributed by atoms with Crippen molar-refractivity contribution < 1.29 is 23.0 Å². The third-order valence-corrected chi connectivity index (χ3v) is 2.51. The maximum atomic E-state index is 12.2. The average molecular weight is 334 g/mol. The lowest BCUT2D eigenvalue weighted by molar-refractivity contribution is 0.0148. The highest BCUT2D eigenvalue weighted by Crippen LogP contribution is 1.99. The van der Waals surface area contributed by atoms with Crippen LogP contribution in [0.1, 0.15) is 0 Å². The first-order chi connectivity index (χ1) is 8.70. The molecule has 0 aliphatic rings. The van der Waals surface area contributed by atoms with E-state index >= 15 is 0 Å². The van der Waals surface area contributed by atoms with Gasteiger partial charge in [0, 0.05) is 25.5 Å². The number of rotatable bonds is 13. The molecule has 0 amide bonds. The summed E-state index contributed by atoms with van der Waals surface area (Å²) < 4.78 is 39.8. The second kappa shape index (κ2) is 13.6. The Morgan fingerprint density at radius 3 is 2.17 bits per heavy atom. The number of ether oxygens (including phenoxy) is 3. The topological polar surface area (TPSA) is 30.9 Å². The third kappa shape index (κ3) is 12.6. The normalized spacial score (nSPS) is 11.7. The van der Waals surface area contributed by atoms with Gasteiger partial charge in [-0.15, -0.1) is 0 Å². The van der Waals surface area contributed by atoms with E-state index in [-0.39, 0.29) is 6.54 Å². The minimum absolute atomic E-state index is 0.209. The molecule has 0 bridgehead atoms. The van der Waals surface area contributed by atoms with Crippen LogP contribution < -0.4 is 0 Å². The van der Waals surface area contributed by atoms with Crippen LogP contribution in [0.2, 0.25) is 0 Å². The van der Waals surface area contributed by atoms with Gasteiger partial charge in [0.1, 0.15) is 0 Å². The molecular formula is C11H22BrF2NO3. The zero-order chi connectivity index (χ0) is 13.6. The number of hydrogen-bond donors (Lipinski definition) is 0. The second-order valence-corrected chi connectivity index (χ2v) is 4.39. The van der Waals surface area contributed by atoms with Gasteiger partial charge in [0.15, 0.2) is 0 Å². The van der Waals surface area contributed by atoms with Crippen LogP contribution in [0.25, 0.3) is 0 Å². The van der Waals surface area contributed by atoms with E-state index in [0.717, 1.165) is 0 Å². The molecule has 0 saturated heterocycles. The summed E-state index contributed by atoms with van der Waals surface area (Å²) in [6, 6.07) is 0. The van der Waals surface area contributed by atoms with Gasteiger partial charge in [-0.3, -0.25) is 4.90 Å². The summed E-state index contributed by atoms with van der Waals surface area (Å²) in [6.45, 7) is 3.41. The van der Waals surface area contributed by atoms with Crippen molar-refractivity contribution in [3.05, 3.63) is 0 Å². The van der Waals surface area contributed by atoms with Gasteiger partial charge >= 0.3 is 0 Å². The first-order valence-electron chi connectivity index (χ1n) is 5.91. The summed E-state index contributed by atoms with van der Waals surface area (Å²) in [5.41, 5.74) is 0. The molecule has 18 heavy (non-hydrogen) atoms. The van der Waals surface area contributed by atoms with Crippen LogP contribution in [-0.4, -0.2) is 76.4 Å². The summed E-state index contributed by atoms with van der Waals surface area (Å²) in [5, 5.41) is 0.680. The molecule has 0 aliphatic heterocycles. The van der Waals surface area contributed by atoms with Crippen LogP contribution >= 0.6 is 15.9 Å². The molecule has 0 heterocycles. The molecule has 0 unspecified atom stereocenters. The molecule has 0 N–H and O–H groups in total. The van der Waals surface area contributed by atoms with Crippen molar-refractivity contribution in [3.8, 4) is 0 Å². The molecule has 0 radical (unpaired) electrons. The second-order valence-electron chi connectivity index (χ2n) is 3.60. The molecule has 7 heteroatoms. The van der Waals surface area contributed by atoms with Crippen molar-refractivity contribution in [2.75, 3.05) is 65.1 Å². The maximum Gasteiger partial charge on any atom is 0.251 e. The Balaban J connectivity index is 3.37. The van der Waals surface area contributed by atoms with Gasteiger partial charge in [-0.1, -0.05) is 15.9 Å². The van der Waals surface area contributed by atoms with Gasteiger partial charge in [-0.05, 0) is 0 Å². The van der Waals surface area contributed by atoms with Gasteiger partial charge in [0.05, 0.1) is 39.6 Å². The molecule has 0 rings (SSSR count). The first-order valence-corrected chi connectivity index (χ1v) is 7.03. The zero-order valence-electron chi connectivity index (χ0n) is 10.7. The molecule has 0 aromatic carbocycles.